The number of piperidine rings is 1. The van der Waals surface area contributed by atoms with Crippen molar-refractivity contribution in [1.29, 1.82) is 5.26 Å². The molecule has 2 rings (SSSR count). The van der Waals surface area contributed by atoms with Crippen LogP contribution in [0, 0.1) is 11.3 Å². The summed E-state index contributed by atoms with van der Waals surface area (Å²) >= 11 is 0. The lowest BCUT2D eigenvalue weighted by molar-refractivity contribution is 0.125. The first kappa shape index (κ1) is 13.1. The van der Waals surface area contributed by atoms with Crippen molar-refractivity contribution in [3.8, 4) is 6.07 Å². The third-order valence-electron chi connectivity index (χ3n) is 3.74. The molecular weight excluding hydrogens is 222 g/mol. The van der Waals surface area contributed by atoms with E-state index in [9.17, 15) is 5.26 Å². The highest BCUT2D eigenvalue weighted by atomic mass is 15.5. The van der Waals surface area contributed by atoms with Crippen LogP contribution in [0.1, 0.15) is 31.7 Å². The molecule has 1 fully saturated rings. The van der Waals surface area contributed by atoms with Gasteiger partial charge >= 0.3 is 0 Å². The van der Waals surface area contributed by atoms with Crippen molar-refractivity contribution >= 4 is 0 Å². The molecule has 1 saturated heterocycles. The summed E-state index contributed by atoms with van der Waals surface area (Å²) in [5.74, 6) is 0. The molecule has 1 N–H and O–H groups in total. The Morgan fingerprint density at radius 2 is 1.94 bits per heavy atom. The Morgan fingerprint density at radius 3 is 2.50 bits per heavy atom. The first-order chi connectivity index (χ1) is 8.80. The second-order valence-electron chi connectivity index (χ2n) is 4.96. The van der Waals surface area contributed by atoms with Gasteiger partial charge in [0.15, 0.2) is 0 Å². The Bertz CT molecular complexity index is 399. The Kier molecular flexibility index (Phi) is 4.35. The van der Waals surface area contributed by atoms with Gasteiger partial charge in [0.05, 0.1) is 11.5 Å². The lowest BCUT2D eigenvalue weighted by Crippen LogP contribution is -2.48. The molecule has 0 aliphatic carbocycles. The zero-order valence-corrected chi connectivity index (χ0v) is 11.0. The summed E-state index contributed by atoms with van der Waals surface area (Å²) in [6.07, 6.45) is 2.95. The third-order valence-corrected chi connectivity index (χ3v) is 3.74. The van der Waals surface area contributed by atoms with E-state index in [1.54, 1.807) is 0 Å². The minimum atomic E-state index is -0.286. The van der Waals surface area contributed by atoms with E-state index in [1.807, 2.05) is 18.2 Å². The van der Waals surface area contributed by atoms with E-state index < -0.39 is 0 Å². The number of rotatable bonds is 4. The van der Waals surface area contributed by atoms with Gasteiger partial charge in [0.2, 0.25) is 0 Å². The summed E-state index contributed by atoms with van der Waals surface area (Å²) in [5.41, 5.74) is 4.29. The summed E-state index contributed by atoms with van der Waals surface area (Å²) in [4.78, 5) is 0. The number of nitriles is 1. The minimum Gasteiger partial charge on any atom is -0.255 e. The van der Waals surface area contributed by atoms with Gasteiger partial charge in [0, 0.05) is 19.6 Å². The van der Waals surface area contributed by atoms with Crippen LogP contribution in [0.25, 0.3) is 0 Å². The van der Waals surface area contributed by atoms with Crippen LogP contribution in [0.2, 0.25) is 0 Å². The molecule has 1 heterocycles. The van der Waals surface area contributed by atoms with Gasteiger partial charge in [0.1, 0.15) is 0 Å². The van der Waals surface area contributed by atoms with Gasteiger partial charge < -0.3 is 0 Å². The summed E-state index contributed by atoms with van der Waals surface area (Å²) in [5, 5.41) is 11.8. The van der Waals surface area contributed by atoms with Gasteiger partial charge in [-0.2, -0.15) is 5.26 Å². The molecule has 3 heteroatoms. The minimum absolute atomic E-state index is 0.286. The van der Waals surface area contributed by atoms with Crippen LogP contribution in [0.4, 0.5) is 0 Å². The molecule has 0 saturated carbocycles. The fraction of sp³-hybridized carbons (Fsp3) is 0.533. The van der Waals surface area contributed by atoms with Crippen LogP contribution >= 0.6 is 0 Å². The van der Waals surface area contributed by atoms with Crippen LogP contribution in [0.3, 0.4) is 0 Å². The second kappa shape index (κ2) is 5.99. The first-order valence-corrected chi connectivity index (χ1v) is 6.76. The highest BCUT2D eigenvalue weighted by molar-refractivity contribution is 5.33. The Morgan fingerprint density at radius 1 is 1.28 bits per heavy atom. The predicted molar refractivity (Wildman–Crippen MR) is 72.8 cm³/mol. The number of hydrazine groups is 1. The summed E-state index contributed by atoms with van der Waals surface area (Å²) in [6.45, 7) is 5.08. The van der Waals surface area contributed by atoms with E-state index in [0.29, 0.717) is 0 Å². The monoisotopic (exact) mass is 243 g/mol. The molecule has 96 valence electrons. The molecule has 1 aromatic rings. The Labute approximate surface area is 109 Å². The number of nitrogens with zero attached hydrogens (tertiary/aromatic N) is 2. The van der Waals surface area contributed by atoms with Crippen LogP contribution in [0.5, 0.6) is 0 Å². The van der Waals surface area contributed by atoms with Crippen molar-refractivity contribution in [2.75, 3.05) is 19.6 Å². The predicted octanol–water partition coefficient (Wildman–Crippen LogP) is 2.46. The topological polar surface area (TPSA) is 39.1 Å². The molecule has 0 aromatic heterocycles. The number of nitrogens with one attached hydrogen (secondary N) is 1. The number of benzene rings is 1. The van der Waals surface area contributed by atoms with Gasteiger partial charge in [-0.3, -0.25) is 5.43 Å². The maximum absolute atomic E-state index is 9.57. The van der Waals surface area contributed by atoms with Gasteiger partial charge in [-0.15, -0.1) is 0 Å². The molecule has 1 aliphatic rings. The standard InChI is InChI=1S/C15H21N3/c1-2-10-17-18-11-8-15(13-16,9-12-18)14-6-4-3-5-7-14/h3-7,17H,2,8-12H2,1H3. The van der Waals surface area contributed by atoms with Crippen molar-refractivity contribution in [1.82, 2.24) is 10.4 Å². The number of hydrogen-bond acceptors (Lipinski definition) is 3. The molecule has 18 heavy (non-hydrogen) atoms. The van der Waals surface area contributed by atoms with Crippen LogP contribution in [-0.4, -0.2) is 24.6 Å². The zero-order valence-electron chi connectivity index (χ0n) is 11.0. The molecular formula is C15H21N3. The maximum Gasteiger partial charge on any atom is 0.0847 e. The summed E-state index contributed by atoms with van der Waals surface area (Å²) in [6, 6.07) is 12.8. The molecule has 0 amide bonds. The third kappa shape index (κ3) is 2.72. The SMILES string of the molecule is CCCNN1CCC(C#N)(c2ccccc2)CC1. The Hall–Kier alpha value is -1.37. The van der Waals surface area contributed by atoms with Crippen molar-refractivity contribution in [2.24, 2.45) is 0 Å². The van der Waals surface area contributed by atoms with Crippen LogP contribution in [0.15, 0.2) is 30.3 Å². The highest BCUT2D eigenvalue weighted by Crippen LogP contribution is 2.34. The van der Waals surface area contributed by atoms with Crippen LogP contribution < -0.4 is 5.43 Å². The molecule has 0 atom stereocenters. The van der Waals surface area contributed by atoms with E-state index in [2.05, 4.69) is 35.6 Å². The van der Waals surface area contributed by atoms with Crippen molar-refractivity contribution < 1.29 is 0 Å². The van der Waals surface area contributed by atoms with Crippen molar-refractivity contribution in [3.05, 3.63) is 35.9 Å². The van der Waals surface area contributed by atoms with Gasteiger partial charge in [-0.25, -0.2) is 5.01 Å². The smallest absolute Gasteiger partial charge is 0.0847 e. The first-order valence-electron chi connectivity index (χ1n) is 6.76. The normalized spacial score (nSPS) is 19.3. The molecule has 3 nitrogen and oxygen atoms in total. The average molecular weight is 243 g/mol. The van der Waals surface area contributed by atoms with Gasteiger partial charge in [-0.1, -0.05) is 37.3 Å². The van der Waals surface area contributed by atoms with Gasteiger partial charge in [-0.05, 0) is 24.8 Å². The molecule has 0 bridgehead atoms. The summed E-state index contributed by atoms with van der Waals surface area (Å²) in [7, 11) is 0. The zero-order chi connectivity index (χ0) is 12.8. The van der Waals surface area contributed by atoms with Crippen LogP contribution in [-0.2, 0) is 5.41 Å². The molecule has 1 aromatic carbocycles. The van der Waals surface area contributed by atoms with E-state index in [4.69, 9.17) is 0 Å². The van der Waals surface area contributed by atoms with Crippen molar-refractivity contribution in [2.45, 2.75) is 31.6 Å². The van der Waals surface area contributed by atoms with Gasteiger partial charge in [0.25, 0.3) is 0 Å². The van der Waals surface area contributed by atoms with E-state index in [1.165, 1.54) is 5.56 Å². The van der Waals surface area contributed by atoms with E-state index >= 15 is 0 Å². The maximum atomic E-state index is 9.57. The quantitative estimate of drug-likeness (QED) is 0.883. The summed E-state index contributed by atoms with van der Waals surface area (Å²) < 4.78 is 0. The molecule has 0 unspecified atom stereocenters. The van der Waals surface area contributed by atoms with E-state index in [-0.39, 0.29) is 5.41 Å². The number of hydrogen-bond donors (Lipinski definition) is 1. The fourth-order valence-electron chi connectivity index (χ4n) is 2.54. The Balaban J connectivity index is 2.03. The molecule has 0 radical (unpaired) electrons. The lowest BCUT2D eigenvalue weighted by atomic mass is 9.74. The molecule has 0 spiro atoms. The largest absolute Gasteiger partial charge is 0.255 e. The highest BCUT2D eigenvalue weighted by Gasteiger charge is 2.36. The average Bonchev–Trinajstić information content (AvgIpc) is 2.46. The van der Waals surface area contributed by atoms with E-state index in [0.717, 1.165) is 38.9 Å². The van der Waals surface area contributed by atoms with Crippen molar-refractivity contribution in [3.63, 3.8) is 0 Å². The lowest BCUT2D eigenvalue weighted by Gasteiger charge is -2.37. The second-order valence-corrected chi connectivity index (χ2v) is 4.96. The fourth-order valence-corrected chi connectivity index (χ4v) is 2.54. The molecule has 1 aliphatic heterocycles.